The van der Waals surface area contributed by atoms with Gasteiger partial charge >= 0.3 is 0 Å². The summed E-state index contributed by atoms with van der Waals surface area (Å²) in [6, 6.07) is 6.46. The van der Waals surface area contributed by atoms with Crippen LogP contribution >= 0.6 is 0 Å². The van der Waals surface area contributed by atoms with E-state index in [2.05, 4.69) is 11.8 Å². The van der Waals surface area contributed by atoms with Crippen LogP contribution in [0.5, 0.6) is 0 Å². The highest BCUT2D eigenvalue weighted by Crippen LogP contribution is 2.15. The standard InChI is InChI=1S/C14H19NO4S/c1-15(9-11-19-2)20(17,18)14-8-5-7-13(12-14)6-3-4-10-16/h5,7-8,12,16H,4,9-11H2,1-2H3. The van der Waals surface area contributed by atoms with E-state index in [4.69, 9.17) is 9.84 Å². The molecule has 0 spiro atoms. The highest BCUT2D eigenvalue weighted by atomic mass is 32.2. The van der Waals surface area contributed by atoms with Crippen LogP contribution in [0.4, 0.5) is 0 Å². The molecule has 20 heavy (non-hydrogen) atoms. The van der Waals surface area contributed by atoms with E-state index in [1.165, 1.54) is 30.6 Å². The lowest BCUT2D eigenvalue weighted by Crippen LogP contribution is -2.30. The number of nitrogens with zero attached hydrogens (tertiary/aromatic N) is 1. The van der Waals surface area contributed by atoms with Gasteiger partial charge in [-0.1, -0.05) is 17.9 Å². The molecule has 6 heteroatoms. The Morgan fingerprint density at radius 3 is 2.80 bits per heavy atom. The molecule has 0 fully saturated rings. The SMILES string of the molecule is COCCN(C)S(=O)(=O)c1cccc(C#CCCO)c1. The van der Waals surface area contributed by atoms with Crippen molar-refractivity contribution in [1.29, 1.82) is 0 Å². The van der Waals surface area contributed by atoms with Gasteiger partial charge in [0.2, 0.25) is 10.0 Å². The molecule has 0 atom stereocenters. The second-order valence-corrected chi connectivity index (χ2v) is 6.17. The maximum absolute atomic E-state index is 12.3. The van der Waals surface area contributed by atoms with E-state index in [9.17, 15) is 8.42 Å². The van der Waals surface area contributed by atoms with Gasteiger partial charge in [-0.05, 0) is 18.2 Å². The molecule has 0 amide bonds. The second kappa shape index (κ2) is 8.02. The number of hydrogen-bond donors (Lipinski definition) is 1. The molecular weight excluding hydrogens is 278 g/mol. The minimum atomic E-state index is -3.53. The second-order valence-electron chi connectivity index (χ2n) is 4.12. The zero-order valence-corrected chi connectivity index (χ0v) is 12.5. The predicted octanol–water partition coefficient (Wildman–Crippen LogP) is 0.687. The largest absolute Gasteiger partial charge is 0.395 e. The van der Waals surface area contributed by atoms with Crippen molar-refractivity contribution in [3.8, 4) is 11.8 Å². The number of likely N-dealkylation sites (N-methyl/N-ethyl adjacent to an activating group) is 1. The Kier molecular flexibility index (Phi) is 6.68. The molecule has 0 saturated carbocycles. The monoisotopic (exact) mass is 297 g/mol. The van der Waals surface area contributed by atoms with Crippen LogP contribution in [0.25, 0.3) is 0 Å². The van der Waals surface area contributed by atoms with Gasteiger partial charge in [0, 0.05) is 32.7 Å². The molecule has 110 valence electrons. The summed E-state index contributed by atoms with van der Waals surface area (Å²) >= 11 is 0. The minimum absolute atomic E-state index is 0.00918. The first-order chi connectivity index (χ1) is 9.52. The van der Waals surface area contributed by atoms with Gasteiger partial charge in [-0.15, -0.1) is 0 Å². The molecule has 0 radical (unpaired) electrons. The van der Waals surface area contributed by atoms with Crippen LogP contribution in [0.1, 0.15) is 12.0 Å². The van der Waals surface area contributed by atoms with Crippen molar-refractivity contribution in [1.82, 2.24) is 4.31 Å². The third-order valence-corrected chi connectivity index (χ3v) is 4.47. The number of rotatable bonds is 6. The Labute approximate surface area is 120 Å². The van der Waals surface area contributed by atoms with Crippen molar-refractivity contribution in [2.45, 2.75) is 11.3 Å². The van der Waals surface area contributed by atoms with Gasteiger partial charge in [0.1, 0.15) is 0 Å². The summed E-state index contributed by atoms with van der Waals surface area (Å²) in [5.74, 6) is 5.59. The first-order valence-electron chi connectivity index (χ1n) is 6.17. The van der Waals surface area contributed by atoms with E-state index in [0.717, 1.165) is 0 Å². The molecule has 1 N–H and O–H groups in total. The first kappa shape index (κ1) is 16.7. The van der Waals surface area contributed by atoms with Gasteiger partial charge in [0.25, 0.3) is 0 Å². The maximum Gasteiger partial charge on any atom is 0.242 e. The fourth-order valence-corrected chi connectivity index (χ4v) is 2.68. The molecular formula is C14H19NO4S. The normalized spacial score (nSPS) is 11.2. The van der Waals surface area contributed by atoms with Gasteiger partial charge in [-0.25, -0.2) is 8.42 Å². The summed E-state index contributed by atoms with van der Waals surface area (Å²) in [5, 5.41) is 8.67. The van der Waals surface area contributed by atoms with E-state index in [0.29, 0.717) is 25.1 Å². The number of aliphatic hydroxyl groups is 1. The molecule has 1 aromatic rings. The topological polar surface area (TPSA) is 66.8 Å². The van der Waals surface area contributed by atoms with Gasteiger partial charge < -0.3 is 9.84 Å². The Hall–Kier alpha value is -1.39. The maximum atomic E-state index is 12.3. The van der Waals surface area contributed by atoms with Crippen molar-refractivity contribution in [3.05, 3.63) is 29.8 Å². The predicted molar refractivity (Wildman–Crippen MR) is 76.7 cm³/mol. The summed E-state index contributed by atoms with van der Waals surface area (Å²) in [6.07, 6.45) is 0.366. The molecule has 1 rings (SSSR count). The summed E-state index contributed by atoms with van der Waals surface area (Å²) in [5.41, 5.74) is 0.611. The average molecular weight is 297 g/mol. The minimum Gasteiger partial charge on any atom is -0.395 e. The fourth-order valence-electron chi connectivity index (χ4n) is 1.47. The lowest BCUT2D eigenvalue weighted by molar-refractivity contribution is 0.185. The van der Waals surface area contributed by atoms with Crippen molar-refractivity contribution >= 4 is 10.0 Å². The van der Waals surface area contributed by atoms with Crippen LogP contribution < -0.4 is 0 Å². The Bertz CT molecular complexity index is 587. The molecule has 0 heterocycles. The molecule has 0 bridgehead atoms. The van der Waals surface area contributed by atoms with E-state index in [1.54, 1.807) is 12.1 Å². The van der Waals surface area contributed by atoms with Crippen LogP contribution in [0.3, 0.4) is 0 Å². The summed E-state index contributed by atoms with van der Waals surface area (Å²) in [6.45, 7) is 0.621. The Balaban J connectivity index is 2.96. The van der Waals surface area contributed by atoms with Crippen LogP contribution in [-0.4, -0.2) is 51.7 Å². The van der Waals surface area contributed by atoms with Crippen molar-refractivity contribution in [3.63, 3.8) is 0 Å². The summed E-state index contributed by atoms with van der Waals surface area (Å²) in [4.78, 5) is 0.201. The van der Waals surface area contributed by atoms with Crippen LogP contribution in [0.15, 0.2) is 29.2 Å². The van der Waals surface area contributed by atoms with E-state index >= 15 is 0 Å². The quantitative estimate of drug-likeness (QED) is 0.785. The lowest BCUT2D eigenvalue weighted by Gasteiger charge is -2.16. The lowest BCUT2D eigenvalue weighted by atomic mass is 10.2. The number of benzene rings is 1. The Morgan fingerprint density at radius 2 is 2.15 bits per heavy atom. The van der Waals surface area contributed by atoms with Gasteiger partial charge in [0.05, 0.1) is 18.1 Å². The molecule has 0 aliphatic carbocycles. The number of ether oxygens (including phenoxy) is 1. The zero-order chi connectivity index (χ0) is 15.0. The fraction of sp³-hybridized carbons (Fsp3) is 0.429. The third kappa shape index (κ3) is 4.62. The molecule has 0 saturated heterocycles. The average Bonchev–Trinajstić information content (AvgIpc) is 2.45. The smallest absolute Gasteiger partial charge is 0.242 e. The molecule has 1 aromatic carbocycles. The van der Waals surface area contributed by atoms with Crippen LogP contribution in [0, 0.1) is 11.8 Å². The molecule has 0 aliphatic rings. The van der Waals surface area contributed by atoms with Gasteiger partial charge in [-0.3, -0.25) is 0 Å². The highest BCUT2D eigenvalue weighted by molar-refractivity contribution is 7.89. The number of hydrogen-bond acceptors (Lipinski definition) is 4. The zero-order valence-electron chi connectivity index (χ0n) is 11.7. The van der Waals surface area contributed by atoms with Crippen molar-refractivity contribution in [2.24, 2.45) is 0 Å². The first-order valence-corrected chi connectivity index (χ1v) is 7.61. The molecule has 0 unspecified atom stereocenters. The van der Waals surface area contributed by atoms with E-state index in [1.807, 2.05) is 0 Å². The van der Waals surface area contributed by atoms with Crippen LogP contribution in [-0.2, 0) is 14.8 Å². The number of aliphatic hydroxyl groups excluding tert-OH is 1. The third-order valence-electron chi connectivity index (χ3n) is 2.62. The number of methoxy groups -OCH3 is 1. The van der Waals surface area contributed by atoms with Gasteiger partial charge in [0.15, 0.2) is 0 Å². The highest BCUT2D eigenvalue weighted by Gasteiger charge is 2.20. The summed E-state index contributed by atoms with van der Waals surface area (Å²) < 4.78 is 30.7. The van der Waals surface area contributed by atoms with Crippen molar-refractivity contribution in [2.75, 3.05) is 33.9 Å². The summed E-state index contributed by atoms with van der Waals surface area (Å²) in [7, 11) is -0.490. The van der Waals surface area contributed by atoms with E-state index in [-0.39, 0.29) is 11.5 Å². The van der Waals surface area contributed by atoms with Gasteiger partial charge in [-0.2, -0.15) is 4.31 Å². The molecule has 0 aromatic heterocycles. The Morgan fingerprint density at radius 1 is 1.40 bits per heavy atom. The van der Waals surface area contributed by atoms with E-state index < -0.39 is 10.0 Å². The molecule has 5 nitrogen and oxygen atoms in total. The molecule has 0 aliphatic heterocycles. The number of sulfonamides is 1. The van der Waals surface area contributed by atoms with Crippen molar-refractivity contribution < 1.29 is 18.3 Å². The van der Waals surface area contributed by atoms with Crippen LogP contribution in [0.2, 0.25) is 0 Å².